The molecule has 1 fully saturated rings. The maximum Gasteiger partial charge on any atom is 0.287 e. The van der Waals surface area contributed by atoms with Crippen molar-refractivity contribution in [2.75, 3.05) is 7.05 Å². The summed E-state index contributed by atoms with van der Waals surface area (Å²) in [6, 6.07) is 2.97. The van der Waals surface area contributed by atoms with Crippen LogP contribution in [-0.4, -0.2) is 35.8 Å². The van der Waals surface area contributed by atoms with Crippen molar-refractivity contribution in [2.24, 2.45) is 5.92 Å². The highest BCUT2D eigenvalue weighted by atomic mass is 16.3. The summed E-state index contributed by atoms with van der Waals surface area (Å²) in [6.45, 7) is 3.97. The van der Waals surface area contributed by atoms with Crippen molar-refractivity contribution in [3.8, 4) is 0 Å². The zero-order valence-corrected chi connectivity index (χ0v) is 13.0. The van der Waals surface area contributed by atoms with Gasteiger partial charge in [0.2, 0.25) is 5.91 Å². The van der Waals surface area contributed by atoms with Crippen LogP contribution in [0.15, 0.2) is 22.8 Å². The molecule has 1 N–H and O–H groups in total. The lowest BCUT2D eigenvalue weighted by molar-refractivity contribution is -0.134. The van der Waals surface area contributed by atoms with E-state index in [1.807, 2.05) is 7.05 Å². The average molecular weight is 292 g/mol. The number of amides is 2. The van der Waals surface area contributed by atoms with Gasteiger partial charge in [-0.05, 0) is 50.7 Å². The summed E-state index contributed by atoms with van der Waals surface area (Å²) in [4.78, 5) is 26.1. The van der Waals surface area contributed by atoms with E-state index in [-0.39, 0.29) is 23.6 Å². The molecule has 0 aromatic carbocycles. The number of carbonyl (C=O) groups excluding carboxylic acids is 2. The maximum absolute atomic E-state index is 12.4. The van der Waals surface area contributed by atoms with Crippen LogP contribution < -0.4 is 5.32 Å². The first-order valence-corrected chi connectivity index (χ1v) is 7.60. The zero-order valence-electron chi connectivity index (χ0n) is 13.0. The lowest BCUT2D eigenvalue weighted by atomic mass is 9.86. The molecule has 0 radical (unpaired) electrons. The van der Waals surface area contributed by atoms with Crippen LogP contribution in [0.3, 0.4) is 0 Å². The van der Waals surface area contributed by atoms with E-state index >= 15 is 0 Å². The van der Waals surface area contributed by atoms with E-state index in [1.165, 1.54) is 6.26 Å². The van der Waals surface area contributed by atoms with Crippen LogP contribution in [0.1, 0.15) is 50.1 Å². The molecule has 1 unspecified atom stereocenters. The summed E-state index contributed by atoms with van der Waals surface area (Å²) in [5.41, 5.74) is 0. The minimum Gasteiger partial charge on any atom is -0.459 e. The number of carbonyl (C=O) groups is 2. The normalized spacial score (nSPS) is 23.4. The molecule has 116 valence electrons. The third kappa shape index (κ3) is 3.86. The Morgan fingerprint density at radius 2 is 2.00 bits per heavy atom. The largest absolute Gasteiger partial charge is 0.459 e. The van der Waals surface area contributed by atoms with Gasteiger partial charge in [0.1, 0.15) is 6.04 Å². The molecule has 2 amide bonds. The zero-order chi connectivity index (χ0) is 15.4. The number of nitrogens with one attached hydrogen (secondary N) is 1. The van der Waals surface area contributed by atoms with Crippen LogP contribution in [0.2, 0.25) is 0 Å². The second-order valence-electron chi connectivity index (χ2n) is 6.04. The molecule has 5 heteroatoms. The highest BCUT2D eigenvalue weighted by Crippen LogP contribution is 2.26. The molecule has 21 heavy (non-hydrogen) atoms. The molecule has 5 nitrogen and oxygen atoms in total. The summed E-state index contributed by atoms with van der Waals surface area (Å²) in [5, 5.41) is 2.69. The van der Waals surface area contributed by atoms with Gasteiger partial charge in [0, 0.05) is 13.1 Å². The van der Waals surface area contributed by atoms with Crippen molar-refractivity contribution >= 4 is 11.8 Å². The summed E-state index contributed by atoms with van der Waals surface area (Å²) in [7, 11) is 1.83. The van der Waals surface area contributed by atoms with Crippen molar-refractivity contribution in [1.29, 1.82) is 0 Å². The summed E-state index contributed by atoms with van der Waals surface area (Å²) >= 11 is 0. The molecular weight excluding hydrogens is 268 g/mol. The Bertz CT molecular complexity index is 476. The molecule has 0 saturated heterocycles. The van der Waals surface area contributed by atoms with Gasteiger partial charge < -0.3 is 14.6 Å². The Morgan fingerprint density at radius 3 is 2.57 bits per heavy atom. The van der Waals surface area contributed by atoms with Gasteiger partial charge in [-0.15, -0.1) is 0 Å². The molecule has 0 aliphatic heterocycles. The second kappa shape index (κ2) is 6.78. The first-order valence-electron chi connectivity index (χ1n) is 7.60. The van der Waals surface area contributed by atoms with Gasteiger partial charge >= 0.3 is 0 Å². The summed E-state index contributed by atoms with van der Waals surface area (Å²) < 4.78 is 5.03. The number of hydrogen-bond donors (Lipinski definition) is 1. The maximum atomic E-state index is 12.4. The van der Waals surface area contributed by atoms with Gasteiger partial charge in [-0.1, -0.05) is 6.92 Å². The second-order valence-corrected chi connectivity index (χ2v) is 6.04. The van der Waals surface area contributed by atoms with Crippen molar-refractivity contribution in [3.05, 3.63) is 24.2 Å². The van der Waals surface area contributed by atoms with Crippen molar-refractivity contribution in [3.63, 3.8) is 0 Å². The van der Waals surface area contributed by atoms with Crippen LogP contribution in [0, 0.1) is 5.92 Å². The Balaban J connectivity index is 1.88. The monoisotopic (exact) mass is 292 g/mol. The Labute approximate surface area is 125 Å². The van der Waals surface area contributed by atoms with Gasteiger partial charge in [0.25, 0.3) is 5.91 Å². The number of nitrogens with zero attached hydrogens (tertiary/aromatic N) is 1. The molecule has 0 bridgehead atoms. The fourth-order valence-corrected chi connectivity index (χ4v) is 2.85. The molecule has 1 aromatic heterocycles. The van der Waals surface area contributed by atoms with E-state index in [2.05, 4.69) is 12.2 Å². The van der Waals surface area contributed by atoms with Crippen LogP contribution in [0.25, 0.3) is 0 Å². The van der Waals surface area contributed by atoms with Gasteiger partial charge in [-0.3, -0.25) is 9.59 Å². The van der Waals surface area contributed by atoms with E-state index in [4.69, 9.17) is 4.42 Å². The van der Waals surface area contributed by atoms with Crippen LogP contribution in [0.5, 0.6) is 0 Å². The van der Waals surface area contributed by atoms with Crippen LogP contribution >= 0.6 is 0 Å². The van der Waals surface area contributed by atoms with Gasteiger partial charge in [-0.25, -0.2) is 0 Å². The first-order chi connectivity index (χ1) is 9.99. The molecule has 1 aliphatic rings. The number of rotatable bonds is 4. The molecule has 1 saturated carbocycles. The molecular formula is C16H24N2O3. The van der Waals surface area contributed by atoms with Gasteiger partial charge in [0.05, 0.1) is 6.26 Å². The average Bonchev–Trinajstić information content (AvgIpc) is 3.00. The number of likely N-dealkylation sites (N-methyl/N-ethyl adjacent to an activating group) is 1. The van der Waals surface area contributed by atoms with E-state index in [0.29, 0.717) is 0 Å². The SMILES string of the molecule is CC1CCC(N(C)C(=O)C(C)NC(=O)c2ccco2)CC1. The molecule has 2 rings (SSSR count). The van der Waals surface area contributed by atoms with E-state index in [1.54, 1.807) is 24.0 Å². The van der Waals surface area contributed by atoms with Crippen molar-refractivity contribution < 1.29 is 14.0 Å². The molecule has 1 heterocycles. The van der Waals surface area contributed by atoms with Crippen molar-refractivity contribution in [2.45, 2.75) is 51.6 Å². The third-order valence-corrected chi connectivity index (χ3v) is 4.34. The Kier molecular flexibility index (Phi) is 5.04. The number of furan rings is 1. The van der Waals surface area contributed by atoms with Crippen LogP contribution in [0.4, 0.5) is 0 Å². The van der Waals surface area contributed by atoms with Gasteiger partial charge in [-0.2, -0.15) is 0 Å². The van der Waals surface area contributed by atoms with Crippen LogP contribution in [-0.2, 0) is 4.79 Å². The predicted molar refractivity (Wildman–Crippen MR) is 79.8 cm³/mol. The van der Waals surface area contributed by atoms with E-state index < -0.39 is 6.04 Å². The molecule has 1 aromatic rings. The smallest absolute Gasteiger partial charge is 0.287 e. The molecule has 1 aliphatic carbocycles. The molecule has 1 atom stereocenters. The quantitative estimate of drug-likeness (QED) is 0.927. The highest BCUT2D eigenvalue weighted by molar-refractivity contribution is 5.95. The topological polar surface area (TPSA) is 62.6 Å². The fraction of sp³-hybridized carbons (Fsp3) is 0.625. The standard InChI is InChI=1S/C16H24N2O3/c1-11-6-8-13(9-7-11)18(3)16(20)12(2)17-15(19)14-5-4-10-21-14/h4-5,10-13H,6-9H2,1-3H3,(H,17,19). The van der Waals surface area contributed by atoms with Crippen molar-refractivity contribution in [1.82, 2.24) is 10.2 Å². The summed E-state index contributed by atoms with van der Waals surface area (Å²) in [6.07, 6.45) is 5.85. The first kappa shape index (κ1) is 15.6. The minimum absolute atomic E-state index is 0.0468. The predicted octanol–water partition coefficient (Wildman–Crippen LogP) is 2.44. The van der Waals surface area contributed by atoms with E-state index in [0.717, 1.165) is 31.6 Å². The molecule has 0 spiro atoms. The lowest BCUT2D eigenvalue weighted by Crippen LogP contribution is -2.49. The third-order valence-electron chi connectivity index (χ3n) is 4.34. The minimum atomic E-state index is -0.549. The Hall–Kier alpha value is -1.78. The highest BCUT2D eigenvalue weighted by Gasteiger charge is 2.28. The van der Waals surface area contributed by atoms with Gasteiger partial charge in [0.15, 0.2) is 5.76 Å². The summed E-state index contributed by atoms with van der Waals surface area (Å²) in [5.74, 6) is 0.575. The lowest BCUT2D eigenvalue weighted by Gasteiger charge is -2.35. The fourth-order valence-electron chi connectivity index (χ4n) is 2.85. The number of hydrogen-bond acceptors (Lipinski definition) is 3. The van der Waals surface area contributed by atoms with E-state index in [9.17, 15) is 9.59 Å². The Morgan fingerprint density at radius 1 is 1.33 bits per heavy atom.